The minimum absolute atomic E-state index is 0.340. The summed E-state index contributed by atoms with van der Waals surface area (Å²) < 4.78 is 10.8. The molecular formula is C17H26N3O2S+. The van der Waals surface area contributed by atoms with Gasteiger partial charge in [0.2, 0.25) is 6.79 Å². The van der Waals surface area contributed by atoms with Gasteiger partial charge in [-0.2, -0.15) is 0 Å². The third kappa shape index (κ3) is 4.26. The standard InChI is InChI=1S/C17H25N3O2S/c1-2-3-6-18-17(23)20-9-7-19(8-10-20)12-14-4-5-15-16(11-14)22-13-21-15/h4-5,11H,2-3,6-10,12-13H2,1H3,(H,18,23)/p+1. The molecule has 0 atom stereocenters. The van der Waals surface area contributed by atoms with Crippen molar-refractivity contribution in [2.75, 3.05) is 39.5 Å². The molecule has 6 heteroatoms. The average Bonchev–Trinajstić information content (AvgIpc) is 3.03. The maximum atomic E-state index is 5.48. The number of piperazine rings is 1. The molecule has 2 heterocycles. The summed E-state index contributed by atoms with van der Waals surface area (Å²) in [7, 11) is 0. The quantitative estimate of drug-likeness (QED) is 0.614. The zero-order chi connectivity index (χ0) is 16.1. The lowest BCUT2D eigenvalue weighted by Gasteiger charge is -2.34. The molecule has 0 aliphatic carbocycles. The number of hydrogen-bond acceptors (Lipinski definition) is 3. The van der Waals surface area contributed by atoms with Gasteiger partial charge in [0.15, 0.2) is 16.6 Å². The molecule has 1 saturated heterocycles. The largest absolute Gasteiger partial charge is 0.454 e. The highest BCUT2D eigenvalue weighted by molar-refractivity contribution is 7.80. The van der Waals surface area contributed by atoms with Crippen molar-refractivity contribution < 1.29 is 14.4 Å². The Labute approximate surface area is 143 Å². The molecule has 0 saturated carbocycles. The Morgan fingerprint density at radius 2 is 2.04 bits per heavy atom. The summed E-state index contributed by atoms with van der Waals surface area (Å²) in [5.41, 5.74) is 1.31. The highest BCUT2D eigenvalue weighted by Gasteiger charge is 2.22. The molecule has 2 N–H and O–H groups in total. The van der Waals surface area contributed by atoms with Crippen LogP contribution in [0.15, 0.2) is 18.2 Å². The van der Waals surface area contributed by atoms with E-state index in [1.807, 2.05) is 6.07 Å². The smallest absolute Gasteiger partial charge is 0.231 e. The third-order valence-electron chi connectivity index (χ3n) is 4.46. The van der Waals surface area contributed by atoms with Crippen LogP contribution in [0.3, 0.4) is 0 Å². The Balaban J connectivity index is 1.45. The molecule has 1 aromatic rings. The number of nitrogens with zero attached hydrogens (tertiary/aromatic N) is 1. The number of ether oxygens (including phenoxy) is 2. The molecule has 0 aromatic heterocycles. The second-order valence-electron chi connectivity index (χ2n) is 6.19. The zero-order valence-corrected chi connectivity index (χ0v) is 14.6. The molecule has 0 radical (unpaired) electrons. The van der Waals surface area contributed by atoms with E-state index in [4.69, 9.17) is 21.7 Å². The molecule has 126 valence electrons. The molecule has 23 heavy (non-hydrogen) atoms. The van der Waals surface area contributed by atoms with Gasteiger partial charge in [-0.25, -0.2) is 0 Å². The Morgan fingerprint density at radius 1 is 1.26 bits per heavy atom. The Morgan fingerprint density at radius 3 is 2.83 bits per heavy atom. The van der Waals surface area contributed by atoms with Gasteiger partial charge in [-0.05, 0) is 36.8 Å². The van der Waals surface area contributed by atoms with Crippen molar-refractivity contribution in [3.63, 3.8) is 0 Å². The van der Waals surface area contributed by atoms with Crippen LogP contribution < -0.4 is 19.7 Å². The van der Waals surface area contributed by atoms with Crippen LogP contribution in [-0.2, 0) is 6.54 Å². The van der Waals surface area contributed by atoms with Gasteiger partial charge in [-0.3, -0.25) is 0 Å². The first-order chi connectivity index (χ1) is 11.3. The van der Waals surface area contributed by atoms with Gasteiger partial charge < -0.3 is 24.6 Å². The fourth-order valence-corrected chi connectivity index (χ4v) is 3.31. The number of quaternary nitrogens is 1. The molecule has 5 nitrogen and oxygen atoms in total. The monoisotopic (exact) mass is 336 g/mol. The summed E-state index contributed by atoms with van der Waals surface area (Å²) in [4.78, 5) is 3.89. The summed E-state index contributed by atoms with van der Waals surface area (Å²) in [5, 5.41) is 4.28. The van der Waals surface area contributed by atoms with Crippen molar-refractivity contribution in [1.29, 1.82) is 0 Å². The predicted molar refractivity (Wildman–Crippen MR) is 94.0 cm³/mol. The lowest BCUT2D eigenvalue weighted by atomic mass is 10.1. The molecule has 0 spiro atoms. The summed E-state index contributed by atoms with van der Waals surface area (Å²) in [5.74, 6) is 1.74. The lowest BCUT2D eigenvalue weighted by Crippen LogP contribution is -3.13. The topological polar surface area (TPSA) is 38.2 Å². The van der Waals surface area contributed by atoms with Crippen molar-refractivity contribution in [3.8, 4) is 11.5 Å². The third-order valence-corrected chi connectivity index (χ3v) is 4.86. The van der Waals surface area contributed by atoms with E-state index in [-0.39, 0.29) is 0 Å². The van der Waals surface area contributed by atoms with Crippen molar-refractivity contribution in [2.24, 2.45) is 0 Å². The van der Waals surface area contributed by atoms with E-state index in [2.05, 4.69) is 29.3 Å². The van der Waals surface area contributed by atoms with E-state index in [1.54, 1.807) is 4.90 Å². The molecule has 1 fully saturated rings. The van der Waals surface area contributed by atoms with Crippen molar-refractivity contribution in [2.45, 2.75) is 26.3 Å². The number of rotatable bonds is 5. The van der Waals surface area contributed by atoms with Crippen LogP contribution in [-0.4, -0.2) is 49.5 Å². The van der Waals surface area contributed by atoms with E-state index < -0.39 is 0 Å². The number of hydrogen-bond donors (Lipinski definition) is 2. The number of benzene rings is 1. The van der Waals surface area contributed by atoms with Gasteiger partial charge in [0, 0.05) is 12.1 Å². The number of fused-ring (bicyclic) bond motifs is 1. The minimum Gasteiger partial charge on any atom is -0.454 e. The Hall–Kier alpha value is -1.53. The molecule has 0 unspecified atom stereocenters. The van der Waals surface area contributed by atoms with Crippen molar-refractivity contribution in [3.05, 3.63) is 23.8 Å². The van der Waals surface area contributed by atoms with Gasteiger partial charge in [0.05, 0.1) is 26.2 Å². The maximum Gasteiger partial charge on any atom is 0.231 e. The summed E-state index contributed by atoms with van der Waals surface area (Å²) in [6.45, 7) is 8.83. The van der Waals surface area contributed by atoms with Crippen LogP contribution in [0.1, 0.15) is 25.3 Å². The number of nitrogens with one attached hydrogen (secondary N) is 2. The van der Waals surface area contributed by atoms with Crippen LogP contribution >= 0.6 is 12.2 Å². The van der Waals surface area contributed by atoms with E-state index in [9.17, 15) is 0 Å². The van der Waals surface area contributed by atoms with Crippen LogP contribution in [0.25, 0.3) is 0 Å². The molecule has 2 aliphatic heterocycles. The second kappa shape index (κ2) is 7.84. The number of unbranched alkanes of at least 4 members (excludes halogenated alkanes) is 1. The van der Waals surface area contributed by atoms with Gasteiger partial charge in [-0.15, -0.1) is 0 Å². The Kier molecular flexibility index (Phi) is 5.56. The van der Waals surface area contributed by atoms with Crippen LogP contribution in [0.2, 0.25) is 0 Å². The molecule has 1 aromatic carbocycles. The Bertz CT molecular complexity index is 545. The van der Waals surface area contributed by atoms with E-state index in [1.165, 1.54) is 18.4 Å². The minimum atomic E-state index is 0.340. The van der Waals surface area contributed by atoms with Gasteiger partial charge in [0.25, 0.3) is 0 Å². The molecule has 2 aliphatic rings. The predicted octanol–water partition coefficient (Wildman–Crippen LogP) is 0.790. The number of thiocarbonyl (C=S) groups is 1. The highest BCUT2D eigenvalue weighted by Crippen LogP contribution is 2.32. The first-order valence-corrected chi connectivity index (χ1v) is 8.92. The molecule has 0 bridgehead atoms. The average molecular weight is 336 g/mol. The van der Waals surface area contributed by atoms with E-state index >= 15 is 0 Å². The first kappa shape index (κ1) is 16.3. The van der Waals surface area contributed by atoms with Gasteiger partial charge >= 0.3 is 0 Å². The summed E-state index contributed by atoms with van der Waals surface area (Å²) in [6, 6.07) is 6.27. The summed E-state index contributed by atoms with van der Waals surface area (Å²) >= 11 is 5.48. The zero-order valence-electron chi connectivity index (χ0n) is 13.8. The normalized spacial score (nSPS) is 17.3. The van der Waals surface area contributed by atoms with Gasteiger partial charge in [0.1, 0.15) is 6.54 Å². The van der Waals surface area contributed by atoms with Crippen LogP contribution in [0.5, 0.6) is 11.5 Å². The van der Waals surface area contributed by atoms with Crippen molar-refractivity contribution >= 4 is 17.3 Å². The van der Waals surface area contributed by atoms with E-state index in [0.29, 0.717) is 6.79 Å². The highest BCUT2D eigenvalue weighted by atomic mass is 32.1. The maximum absolute atomic E-state index is 5.48. The van der Waals surface area contributed by atoms with Crippen LogP contribution in [0.4, 0.5) is 0 Å². The second-order valence-corrected chi connectivity index (χ2v) is 6.57. The van der Waals surface area contributed by atoms with E-state index in [0.717, 1.165) is 55.9 Å². The summed E-state index contributed by atoms with van der Waals surface area (Å²) in [6.07, 6.45) is 2.37. The van der Waals surface area contributed by atoms with Gasteiger partial charge in [-0.1, -0.05) is 13.3 Å². The fraction of sp³-hybridized carbons (Fsp3) is 0.588. The SMILES string of the molecule is CCCCNC(=S)N1CC[NH+](Cc2ccc3c(c2)OCO3)CC1. The molecule has 3 rings (SSSR count). The fourth-order valence-electron chi connectivity index (χ4n) is 3.03. The lowest BCUT2D eigenvalue weighted by molar-refractivity contribution is -0.917. The molecule has 0 amide bonds. The van der Waals surface area contributed by atoms with Crippen molar-refractivity contribution in [1.82, 2.24) is 10.2 Å². The van der Waals surface area contributed by atoms with Crippen LogP contribution in [0, 0.1) is 0 Å². The first-order valence-electron chi connectivity index (χ1n) is 8.51. The molecular weight excluding hydrogens is 310 g/mol.